The van der Waals surface area contributed by atoms with Crippen molar-refractivity contribution in [3.63, 3.8) is 0 Å². The van der Waals surface area contributed by atoms with Gasteiger partial charge in [-0.2, -0.15) is 26.3 Å². The van der Waals surface area contributed by atoms with Crippen molar-refractivity contribution in [2.75, 3.05) is 0 Å². The number of nitrogens with one attached hydrogen (secondary N) is 1. The first kappa shape index (κ1) is 17.4. The summed E-state index contributed by atoms with van der Waals surface area (Å²) >= 11 is 0. The van der Waals surface area contributed by atoms with Gasteiger partial charge in [-0.25, -0.2) is 4.79 Å². The molecule has 1 aromatic rings. The van der Waals surface area contributed by atoms with E-state index in [-0.39, 0.29) is 18.9 Å². The van der Waals surface area contributed by atoms with E-state index in [1.807, 2.05) is 5.32 Å². The van der Waals surface area contributed by atoms with E-state index in [2.05, 4.69) is 0 Å². The number of alkyl halides is 6. The van der Waals surface area contributed by atoms with Crippen molar-refractivity contribution in [2.45, 2.75) is 36.8 Å². The van der Waals surface area contributed by atoms with Gasteiger partial charge in [0.15, 0.2) is 0 Å². The molecule has 1 saturated carbocycles. The maximum atomic E-state index is 12.8. The Kier molecular flexibility index (Phi) is 4.00. The first-order chi connectivity index (χ1) is 10.3. The van der Waals surface area contributed by atoms with Crippen LogP contribution in [0.3, 0.4) is 0 Å². The molecule has 0 aromatic heterocycles. The zero-order valence-corrected chi connectivity index (χ0v) is 11.3. The van der Waals surface area contributed by atoms with E-state index in [4.69, 9.17) is 5.11 Å². The topological polar surface area (TPSA) is 69.6 Å². The highest BCUT2D eigenvalue weighted by molar-refractivity contribution is 5.66. The van der Waals surface area contributed by atoms with E-state index in [0.717, 1.165) is 0 Å². The monoisotopic (exact) mass is 343 g/mol. The molecule has 0 bridgehead atoms. The third-order valence-electron chi connectivity index (χ3n) is 3.59. The lowest BCUT2D eigenvalue weighted by atomic mass is 9.95. The second kappa shape index (κ2) is 5.29. The predicted octanol–water partition coefficient (Wildman–Crippen LogP) is 3.56. The summed E-state index contributed by atoms with van der Waals surface area (Å²) < 4.78 is 76.6. The second-order valence-electron chi connectivity index (χ2n) is 5.33. The molecule has 0 spiro atoms. The fourth-order valence-corrected chi connectivity index (χ4v) is 2.27. The zero-order valence-electron chi connectivity index (χ0n) is 11.3. The highest BCUT2D eigenvalue weighted by atomic mass is 19.4. The Bertz CT molecular complexity index is 589. The van der Waals surface area contributed by atoms with Crippen molar-refractivity contribution in [3.05, 3.63) is 34.9 Å². The summed E-state index contributed by atoms with van der Waals surface area (Å²) in [5.41, 5.74) is -5.22. The van der Waals surface area contributed by atoms with Crippen LogP contribution in [0.2, 0.25) is 0 Å². The molecule has 3 N–H and O–H groups in total. The summed E-state index contributed by atoms with van der Waals surface area (Å²) in [6.45, 7) is 0. The van der Waals surface area contributed by atoms with E-state index in [1.54, 1.807) is 0 Å². The van der Waals surface area contributed by atoms with Gasteiger partial charge in [-0.05, 0) is 36.6 Å². The summed E-state index contributed by atoms with van der Waals surface area (Å²) in [4.78, 5) is 10.7. The van der Waals surface area contributed by atoms with E-state index in [9.17, 15) is 36.2 Å². The summed E-state index contributed by atoms with van der Waals surface area (Å²) in [5, 5.41) is 20.7. The maximum absolute atomic E-state index is 12.8. The Morgan fingerprint density at radius 3 is 1.78 bits per heavy atom. The summed E-state index contributed by atoms with van der Waals surface area (Å²) in [6.07, 6.45) is -13.2. The SMILES string of the molecule is O=C(O)NC1(C(O)c2cc(C(F)(F)F)cc(C(F)(F)F)c2)CC1. The zero-order chi connectivity index (χ0) is 17.6. The van der Waals surface area contributed by atoms with Crippen molar-refractivity contribution in [1.29, 1.82) is 0 Å². The molecule has 128 valence electrons. The largest absolute Gasteiger partial charge is 0.465 e. The molecular weight excluding hydrogens is 332 g/mol. The van der Waals surface area contributed by atoms with Crippen molar-refractivity contribution in [1.82, 2.24) is 5.32 Å². The third kappa shape index (κ3) is 3.69. The van der Waals surface area contributed by atoms with E-state index >= 15 is 0 Å². The Labute approximate surface area is 125 Å². The van der Waals surface area contributed by atoms with Gasteiger partial charge in [0.2, 0.25) is 0 Å². The fourth-order valence-electron chi connectivity index (χ4n) is 2.27. The molecule has 4 nitrogen and oxygen atoms in total. The molecule has 10 heteroatoms. The molecule has 1 unspecified atom stereocenters. The number of rotatable bonds is 3. The molecule has 2 rings (SSSR count). The molecule has 0 radical (unpaired) electrons. The minimum Gasteiger partial charge on any atom is -0.465 e. The van der Waals surface area contributed by atoms with Crippen LogP contribution in [0.1, 0.15) is 35.6 Å². The highest BCUT2D eigenvalue weighted by Crippen LogP contribution is 2.47. The lowest BCUT2D eigenvalue weighted by molar-refractivity contribution is -0.143. The van der Waals surface area contributed by atoms with E-state index in [0.29, 0.717) is 12.1 Å². The number of hydrogen-bond acceptors (Lipinski definition) is 2. The molecule has 0 aliphatic heterocycles. The van der Waals surface area contributed by atoms with Gasteiger partial charge >= 0.3 is 18.4 Å². The summed E-state index contributed by atoms with van der Waals surface area (Å²) in [7, 11) is 0. The lowest BCUT2D eigenvalue weighted by Gasteiger charge is -2.24. The predicted molar refractivity (Wildman–Crippen MR) is 64.5 cm³/mol. The molecule has 0 saturated heterocycles. The number of aliphatic hydroxyl groups is 1. The van der Waals surface area contributed by atoms with Crippen molar-refractivity contribution in [3.8, 4) is 0 Å². The quantitative estimate of drug-likeness (QED) is 0.735. The molecule has 23 heavy (non-hydrogen) atoms. The molecule has 1 aromatic carbocycles. The number of carboxylic acid groups (broad SMARTS) is 1. The molecule has 1 fully saturated rings. The first-order valence-corrected chi connectivity index (χ1v) is 6.34. The Morgan fingerprint density at radius 2 is 1.48 bits per heavy atom. The van der Waals surface area contributed by atoms with Crippen LogP contribution in [0, 0.1) is 0 Å². The normalized spacial score (nSPS) is 18.4. The second-order valence-corrected chi connectivity index (χ2v) is 5.33. The van der Waals surface area contributed by atoms with Gasteiger partial charge in [-0.15, -0.1) is 0 Å². The number of hydrogen-bond donors (Lipinski definition) is 3. The molecule has 1 amide bonds. The number of carbonyl (C=O) groups is 1. The number of amides is 1. The highest BCUT2D eigenvalue weighted by Gasteiger charge is 2.51. The van der Waals surface area contributed by atoms with Gasteiger partial charge in [0, 0.05) is 0 Å². The Balaban J connectivity index is 2.47. The minimum absolute atomic E-state index is 0.0551. The van der Waals surface area contributed by atoms with Gasteiger partial charge in [0.25, 0.3) is 0 Å². The number of aliphatic hydroxyl groups excluding tert-OH is 1. The number of benzene rings is 1. The van der Waals surface area contributed by atoms with E-state index in [1.165, 1.54) is 0 Å². The summed E-state index contributed by atoms with van der Waals surface area (Å²) in [5.74, 6) is 0. The van der Waals surface area contributed by atoms with Crippen molar-refractivity contribution >= 4 is 6.09 Å². The van der Waals surface area contributed by atoms with Gasteiger partial charge < -0.3 is 15.5 Å². The molecular formula is C13H11F6NO3. The smallest absolute Gasteiger partial charge is 0.416 e. The molecule has 1 aliphatic carbocycles. The van der Waals surface area contributed by atoms with Crippen LogP contribution in [-0.4, -0.2) is 21.8 Å². The van der Waals surface area contributed by atoms with Crippen LogP contribution in [0.25, 0.3) is 0 Å². The Morgan fingerprint density at radius 1 is 1.04 bits per heavy atom. The van der Waals surface area contributed by atoms with Crippen LogP contribution >= 0.6 is 0 Å². The van der Waals surface area contributed by atoms with Crippen LogP contribution in [0.15, 0.2) is 18.2 Å². The third-order valence-corrected chi connectivity index (χ3v) is 3.59. The van der Waals surface area contributed by atoms with Crippen molar-refractivity contribution in [2.24, 2.45) is 0 Å². The van der Waals surface area contributed by atoms with Crippen LogP contribution in [0.5, 0.6) is 0 Å². The number of halogens is 6. The van der Waals surface area contributed by atoms with Gasteiger partial charge in [-0.1, -0.05) is 0 Å². The first-order valence-electron chi connectivity index (χ1n) is 6.34. The average molecular weight is 343 g/mol. The molecule has 1 aliphatic rings. The van der Waals surface area contributed by atoms with Crippen LogP contribution in [-0.2, 0) is 12.4 Å². The van der Waals surface area contributed by atoms with Gasteiger partial charge in [0.05, 0.1) is 16.7 Å². The summed E-state index contributed by atoms with van der Waals surface area (Å²) in [6, 6.07) is 0.730. The van der Waals surface area contributed by atoms with Crippen LogP contribution in [0.4, 0.5) is 31.1 Å². The van der Waals surface area contributed by atoms with Gasteiger partial charge in [0.1, 0.15) is 6.10 Å². The molecule has 0 heterocycles. The maximum Gasteiger partial charge on any atom is 0.416 e. The standard InChI is InChI=1S/C13H11F6NO3/c14-12(15,16)7-3-6(4-8(5-7)13(17,18)19)9(21)11(1-2-11)20-10(22)23/h3-5,9,20-21H,1-2H2,(H,22,23). The average Bonchev–Trinajstić information content (AvgIpc) is 3.15. The molecule has 1 atom stereocenters. The van der Waals surface area contributed by atoms with Crippen LogP contribution < -0.4 is 5.32 Å². The van der Waals surface area contributed by atoms with E-state index < -0.39 is 46.8 Å². The minimum atomic E-state index is -5.04. The fraction of sp³-hybridized carbons (Fsp3) is 0.462. The van der Waals surface area contributed by atoms with Crippen molar-refractivity contribution < 1.29 is 41.4 Å². The Hall–Kier alpha value is -1.97. The van der Waals surface area contributed by atoms with Gasteiger partial charge in [-0.3, -0.25) is 0 Å². The lowest BCUT2D eigenvalue weighted by Crippen LogP contribution is -2.40.